The van der Waals surface area contributed by atoms with Crippen molar-refractivity contribution in [3.63, 3.8) is 0 Å². The molecule has 0 aliphatic heterocycles. The number of alkyl halides is 2. The lowest BCUT2D eigenvalue weighted by Gasteiger charge is -2.07. The maximum atomic E-state index is 13.7. The molecule has 0 unspecified atom stereocenters. The SMILES string of the molecule is O=c1[nH]c(Sc2nc3ccccc3n2C(F)F)nc2c1cnn2-c1ccccc1. The van der Waals surface area contributed by atoms with Gasteiger partial charge in [0.25, 0.3) is 5.56 Å². The van der Waals surface area contributed by atoms with E-state index in [4.69, 9.17) is 0 Å². The summed E-state index contributed by atoms with van der Waals surface area (Å²) in [6.45, 7) is -2.78. The van der Waals surface area contributed by atoms with Crippen molar-refractivity contribution in [1.82, 2.24) is 29.3 Å². The van der Waals surface area contributed by atoms with Crippen molar-refractivity contribution in [3.05, 3.63) is 71.1 Å². The molecule has 3 heterocycles. The molecule has 0 radical (unpaired) electrons. The van der Waals surface area contributed by atoms with E-state index in [-0.39, 0.29) is 10.3 Å². The van der Waals surface area contributed by atoms with E-state index in [0.29, 0.717) is 22.1 Å². The molecule has 2 aromatic carbocycles. The van der Waals surface area contributed by atoms with E-state index in [2.05, 4.69) is 20.1 Å². The summed E-state index contributed by atoms with van der Waals surface area (Å²) in [5.74, 6) is 0. The zero-order valence-electron chi connectivity index (χ0n) is 14.7. The number of hydrogen-bond acceptors (Lipinski definition) is 5. The fourth-order valence-corrected chi connectivity index (χ4v) is 3.94. The van der Waals surface area contributed by atoms with Crippen LogP contribution in [0.25, 0.3) is 27.8 Å². The van der Waals surface area contributed by atoms with Crippen LogP contribution in [0.2, 0.25) is 0 Å². The van der Waals surface area contributed by atoms with E-state index in [1.54, 1.807) is 24.3 Å². The van der Waals surface area contributed by atoms with Gasteiger partial charge in [-0.3, -0.25) is 9.36 Å². The third-order valence-corrected chi connectivity index (χ3v) is 5.22. The summed E-state index contributed by atoms with van der Waals surface area (Å²) < 4.78 is 29.7. The van der Waals surface area contributed by atoms with Crippen molar-refractivity contribution in [2.24, 2.45) is 0 Å². The fraction of sp³-hybridized carbons (Fsp3) is 0.0526. The zero-order valence-corrected chi connectivity index (χ0v) is 15.5. The predicted molar refractivity (Wildman–Crippen MR) is 105 cm³/mol. The number of rotatable bonds is 4. The van der Waals surface area contributed by atoms with Crippen LogP contribution in [0.3, 0.4) is 0 Å². The minimum Gasteiger partial charge on any atom is -0.300 e. The highest BCUT2D eigenvalue weighted by atomic mass is 32.2. The lowest BCUT2D eigenvalue weighted by atomic mass is 10.3. The quantitative estimate of drug-likeness (QED) is 0.453. The van der Waals surface area contributed by atoms with Crippen molar-refractivity contribution in [2.75, 3.05) is 0 Å². The van der Waals surface area contributed by atoms with Crippen LogP contribution in [-0.4, -0.2) is 29.3 Å². The number of halogens is 2. The Balaban J connectivity index is 1.64. The van der Waals surface area contributed by atoms with Gasteiger partial charge >= 0.3 is 6.55 Å². The van der Waals surface area contributed by atoms with Crippen LogP contribution in [0.5, 0.6) is 0 Å². The molecule has 144 valence electrons. The number of hydrogen-bond donors (Lipinski definition) is 1. The summed E-state index contributed by atoms with van der Waals surface area (Å²) >= 11 is 0.869. The van der Waals surface area contributed by atoms with Crippen molar-refractivity contribution in [3.8, 4) is 5.69 Å². The highest BCUT2D eigenvalue weighted by Gasteiger charge is 2.20. The van der Waals surface area contributed by atoms with Gasteiger partial charge in [-0.1, -0.05) is 30.3 Å². The van der Waals surface area contributed by atoms with E-state index in [0.717, 1.165) is 22.0 Å². The zero-order chi connectivity index (χ0) is 20.0. The fourth-order valence-electron chi connectivity index (χ4n) is 3.07. The number of fused-ring (bicyclic) bond motifs is 2. The minimum atomic E-state index is -2.78. The molecule has 0 saturated carbocycles. The number of nitrogens with zero attached hydrogens (tertiary/aromatic N) is 5. The van der Waals surface area contributed by atoms with Crippen molar-refractivity contribution < 1.29 is 8.78 Å². The van der Waals surface area contributed by atoms with Crippen molar-refractivity contribution >= 4 is 33.8 Å². The molecule has 0 amide bonds. The Labute approximate surface area is 166 Å². The molecule has 10 heteroatoms. The average Bonchev–Trinajstić information content (AvgIpc) is 3.30. The third kappa shape index (κ3) is 2.97. The molecule has 0 atom stereocenters. The Morgan fingerprint density at radius 2 is 1.76 bits per heavy atom. The minimum absolute atomic E-state index is 0.0366. The van der Waals surface area contributed by atoms with Crippen molar-refractivity contribution in [1.29, 1.82) is 0 Å². The first-order valence-corrected chi connectivity index (χ1v) is 9.40. The molecular formula is C19H12F2N6OS. The highest BCUT2D eigenvalue weighted by molar-refractivity contribution is 7.99. The Morgan fingerprint density at radius 1 is 1.00 bits per heavy atom. The second-order valence-electron chi connectivity index (χ2n) is 6.13. The molecule has 0 aliphatic carbocycles. The first-order chi connectivity index (χ1) is 14.1. The molecule has 1 N–H and O–H groups in total. The summed E-state index contributed by atoms with van der Waals surface area (Å²) in [5, 5.41) is 4.73. The van der Waals surface area contributed by atoms with E-state index in [9.17, 15) is 13.6 Å². The molecule has 0 bridgehead atoms. The van der Waals surface area contributed by atoms with Crippen LogP contribution in [-0.2, 0) is 0 Å². The number of aromatic amines is 1. The number of benzene rings is 2. The molecule has 7 nitrogen and oxygen atoms in total. The molecule has 3 aromatic heterocycles. The Morgan fingerprint density at radius 3 is 2.55 bits per heavy atom. The number of aromatic nitrogens is 6. The molecule has 0 fully saturated rings. The smallest absolute Gasteiger partial charge is 0.300 e. The van der Waals surface area contributed by atoms with Gasteiger partial charge in [-0.15, -0.1) is 0 Å². The molecular weight excluding hydrogens is 398 g/mol. The van der Waals surface area contributed by atoms with Gasteiger partial charge in [-0.05, 0) is 36.0 Å². The normalized spacial score (nSPS) is 11.7. The molecule has 5 aromatic rings. The van der Waals surface area contributed by atoms with Crippen LogP contribution in [0.4, 0.5) is 8.78 Å². The van der Waals surface area contributed by atoms with Gasteiger partial charge in [0.05, 0.1) is 22.9 Å². The summed E-state index contributed by atoms with van der Waals surface area (Å²) in [7, 11) is 0. The molecule has 5 rings (SSSR count). The van der Waals surface area contributed by atoms with Crippen LogP contribution < -0.4 is 5.56 Å². The van der Waals surface area contributed by atoms with Gasteiger partial charge < -0.3 is 4.98 Å². The van der Waals surface area contributed by atoms with Gasteiger partial charge in [0.15, 0.2) is 16.0 Å². The second-order valence-corrected chi connectivity index (χ2v) is 7.09. The first kappa shape index (κ1) is 17.6. The average molecular weight is 410 g/mol. The lowest BCUT2D eigenvalue weighted by molar-refractivity contribution is 0.0656. The summed E-state index contributed by atoms with van der Waals surface area (Å²) in [6.07, 6.45) is 1.43. The summed E-state index contributed by atoms with van der Waals surface area (Å²) in [5.41, 5.74) is 1.41. The predicted octanol–water partition coefficient (Wildman–Crippen LogP) is 4.00. The van der Waals surface area contributed by atoms with Gasteiger partial charge in [-0.25, -0.2) is 14.6 Å². The molecule has 0 spiro atoms. The van der Waals surface area contributed by atoms with Gasteiger partial charge in [0.1, 0.15) is 5.39 Å². The van der Waals surface area contributed by atoms with Crippen LogP contribution in [0, 0.1) is 0 Å². The van der Waals surface area contributed by atoms with Crippen LogP contribution in [0.15, 0.2) is 75.9 Å². The monoisotopic (exact) mass is 410 g/mol. The van der Waals surface area contributed by atoms with E-state index >= 15 is 0 Å². The van der Waals surface area contributed by atoms with Gasteiger partial charge in [0.2, 0.25) is 0 Å². The first-order valence-electron chi connectivity index (χ1n) is 8.58. The lowest BCUT2D eigenvalue weighted by Crippen LogP contribution is -2.10. The Hall–Kier alpha value is -3.53. The summed E-state index contributed by atoms with van der Waals surface area (Å²) in [4.78, 5) is 23.8. The Kier molecular flexibility index (Phi) is 4.13. The van der Waals surface area contributed by atoms with E-state index in [1.807, 2.05) is 30.3 Å². The summed E-state index contributed by atoms with van der Waals surface area (Å²) in [6, 6.07) is 15.8. The largest absolute Gasteiger partial charge is 0.321 e. The standard InChI is InChI=1S/C19H12F2N6OS/c20-17(21)26-14-9-5-4-8-13(14)23-19(26)29-18-24-15-12(16(28)25-18)10-22-27(15)11-6-2-1-3-7-11/h1-10,17H,(H,24,25,28). The third-order valence-electron chi connectivity index (χ3n) is 4.36. The van der Waals surface area contributed by atoms with Crippen LogP contribution >= 0.6 is 11.8 Å². The Bertz CT molecular complexity index is 1390. The number of para-hydroxylation sites is 3. The maximum absolute atomic E-state index is 13.7. The van der Waals surface area contributed by atoms with Crippen molar-refractivity contribution in [2.45, 2.75) is 16.9 Å². The number of H-pyrrole nitrogens is 1. The topological polar surface area (TPSA) is 81.4 Å². The number of imidazole rings is 1. The number of nitrogens with one attached hydrogen (secondary N) is 1. The molecule has 29 heavy (non-hydrogen) atoms. The highest BCUT2D eigenvalue weighted by Crippen LogP contribution is 2.32. The maximum Gasteiger partial charge on any atom is 0.321 e. The molecule has 0 aliphatic rings. The van der Waals surface area contributed by atoms with E-state index < -0.39 is 12.1 Å². The van der Waals surface area contributed by atoms with Gasteiger partial charge in [0, 0.05) is 0 Å². The van der Waals surface area contributed by atoms with E-state index in [1.165, 1.54) is 10.9 Å². The second kappa shape index (κ2) is 6.82. The molecule has 0 saturated heterocycles. The van der Waals surface area contributed by atoms with Crippen LogP contribution in [0.1, 0.15) is 6.55 Å². The van der Waals surface area contributed by atoms with Gasteiger partial charge in [-0.2, -0.15) is 13.9 Å².